The number of benzene rings is 2. The van der Waals surface area contributed by atoms with E-state index in [0.717, 1.165) is 25.9 Å². The minimum absolute atomic E-state index is 0.0946. The molecule has 24 heavy (non-hydrogen) atoms. The lowest BCUT2D eigenvalue weighted by molar-refractivity contribution is 0.935. The van der Waals surface area contributed by atoms with Crippen LogP contribution in [0.25, 0.3) is 0 Å². The van der Waals surface area contributed by atoms with Crippen molar-refractivity contribution in [1.29, 1.82) is 0 Å². The van der Waals surface area contributed by atoms with E-state index in [2.05, 4.69) is 60.7 Å². The van der Waals surface area contributed by atoms with Gasteiger partial charge in [-0.25, -0.2) is 0 Å². The van der Waals surface area contributed by atoms with Gasteiger partial charge in [0.1, 0.15) is 0 Å². The van der Waals surface area contributed by atoms with Crippen LogP contribution in [0.2, 0.25) is 0 Å². The summed E-state index contributed by atoms with van der Waals surface area (Å²) in [6.07, 6.45) is 7.39. The molecule has 0 aliphatic heterocycles. The van der Waals surface area contributed by atoms with Gasteiger partial charge in [-0.1, -0.05) is 76.5 Å². The topological polar surface area (TPSA) is 52.0 Å². The van der Waals surface area contributed by atoms with Crippen molar-refractivity contribution < 1.29 is 0 Å². The predicted molar refractivity (Wildman–Crippen MR) is 113 cm³/mol. The maximum atomic E-state index is 5.77. The minimum atomic E-state index is -0.0946. The van der Waals surface area contributed by atoms with Gasteiger partial charge < -0.3 is 11.5 Å². The standard InChI is InChI=1S/C20H30N2P2/c21-13-7-15-23(19-9-3-1-4-10-19)17-18-24(16-8-14-22)20-11-5-2-6-12-20/h1-6,9-12H,7-8,13-18,21-22H2. The van der Waals surface area contributed by atoms with Crippen LogP contribution in [0.3, 0.4) is 0 Å². The molecule has 0 saturated heterocycles. The average molecular weight is 360 g/mol. The fourth-order valence-electron chi connectivity index (χ4n) is 2.82. The number of hydrogen-bond acceptors (Lipinski definition) is 2. The molecule has 4 N–H and O–H groups in total. The van der Waals surface area contributed by atoms with E-state index < -0.39 is 0 Å². The number of nitrogens with two attached hydrogens (primary N) is 2. The molecule has 4 heteroatoms. The third-order valence-electron chi connectivity index (χ3n) is 4.15. The highest BCUT2D eigenvalue weighted by Gasteiger charge is 2.15. The van der Waals surface area contributed by atoms with E-state index in [1.54, 1.807) is 0 Å². The Kier molecular flexibility index (Phi) is 9.54. The molecule has 2 aromatic rings. The Morgan fingerprint density at radius 3 is 1.25 bits per heavy atom. The molecule has 0 heterocycles. The summed E-state index contributed by atoms with van der Waals surface area (Å²) in [5.74, 6) is 0. The van der Waals surface area contributed by atoms with Gasteiger partial charge in [0.05, 0.1) is 0 Å². The summed E-state index contributed by atoms with van der Waals surface area (Å²) >= 11 is 0. The molecule has 0 fully saturated rings. The van der Waals surface area contributed by atoms with Crippen molar-refractivity contribution in [2.45, 2.75) is 12.8 Å². The summed E-state index contributed by atoms with van der Waals surface area (Å²) in [5.41, 5.74) is 11.5. The van der Waals surface area contributed by atoms with Gasteiger partial charge in [0.15, 0.2) is 0 Å². The third-order valence-corrected chi connectivity index (χ3v) is 9.80. The number of rotatable bonds is 11. The molecule has 0 saturated carbocycles. The second-order valence-corrected chi connectivity index (χ2v) is 10.9. The maximum Gasteiger partial charge on any atom is -0.00738 e. The molecule has 2 aromatic carbocycles. The van der Waals surface area contributed by atoms with Gasteiger partial charge in [-0.15, -0.1) is 0 Å². The van der Waals surface area contributed by atoms with E-state index in [1.807, 2.05) is 0 Å². The van der Waals surface area contributed by atoms with E-state index in [-0.39, 0.29) is 15.8 Å². The van der Waals surface area contributed by atoms with Crippen LogP contribution in [0.5, 0.6) is 0 Å². The summed E-state index contributed by atoms with van der Waals surface area (Å²) in [6.45, 7) is 1.60. The highest BCUT2D eigenvalue weighted by atomic mass is 31.1. The fraction of sp³-hybridized carbons (Fsp3) is 0.400. The lowest BCUT2D eigenvalue weighted by atomic mass is 10.4. The average Bonchev–Trinajstić information content (AvgIpc) is 2.65. The van der Waals surface area contributed by atoms with Gasteiger partial charge in [0.25, 0.3) is 0 Å². The van der Waals surface area contributed by atoms with E-state index >= 15 is 0 Å². The van der Waals surface area contributed by atoms with E-state index in [1.165, 1.54) is 35.3 Å². The normalized spacial score (nSPS) is 13.6. The van der Waals surface area contributed by atoms with Crippen molar-refractivity contribution in [3.05, 3.63) is 60.7 Å². The molecule has 130 valence electrons. The smallest absolute Gasteiger partial charge is 0.00738 e. The number of hydrogen-bond donors (Lipinski definition) is 2. The van der Waals surface area contributed by atoms with Crippen LogP contribution >= 0.6 is 15.8 Å². The Labute approximate surface area is 149 Å². The van der Waals surface area contributed by atoms with Gasteiger partial charge in [0.2, 0.25) is 0 Å². The van der Waals surface area contributed by atoms with Crippen LogP contribution in [0.4, 0.5) is 0 Å². The van der Waals surface area contributed by atoms with Gasteiger partial charge in [-0.3, -0.25) is 0 Å². The first-order valence-electron chi connectivity index (χ1n) is 8.85. The molecule has 2 unspecified atom stereocenters. The predicted octanol–water partition coefficient (Wildman–Crippen LogP) is 3.30. The van der Waals surface area contributed by atoms with Crippen LogP contribution in [-0.4, -0.2) is 37.7 Å². The summed E-state index contributed by atoms with van der Waals surface area (Å²) in [4.78, 5) is 0. The minimum Gasteiger partial charge on any atom is -0.330 e. The van der Waals surface area contributed by atoms with Crippen molar-refractivity contribution in [3.63, 3.8) is 0 Å². The lowest BCUT2D eigenvalue weighted by Gasteiger charge is -2.23. The first-order chi connectivity index (χ1) is 11.8. The first kappa shape index (κ1) is 19.5. The van der Waals surface area contributed by atoms with Crippen LogP contribution in [0.15, 0.2) is 60.7 Å². The molecule has 0 amide bonds. The zero-order chi connectivity index (χ0) is 17.0. The second kappa shape index (κ2) is 11.7. The zero-order valence-corrected chi connectivity index (χ0v) is 16.3. The molecule has 0 aliphatic carbocycles. The van der Waals surface area contributed by atoms with Crippen molar-refractivity contribution >= 4 is 26.5 Å². The third kappa shape index (κ3) is 6.61. The monoisotopic (exact) mass is 360 g/mol. The zero-order valence-electron chi connectivity index (χ0n) is 14.5. The van der Waals surface area contributed by atoms with E-state index in [0.29, 0.717) is 0 Å². The molecular formula is C20H30N2P2. The van der Waals surface area contributed by atoms with E-state index in [9.17, 15) is 0 Å². The lowest BCUT2D eigenvalue weighted by Crippen LogP contribution is -2.14. The van der Waals surface area contributed by atoms with Crippen LogP contribution in [-0.2, 0) is 0 Å². The summed E-state index contributed by atoms with van der Waals surface area (Å²) < 4.78 is 0. The molecule has 2 atom stereocenters. The molecule has 0 spiro atoms. The van der Waals surface area contributed by atoms with Crippen molar-refractivity contribution in [2.24, 2.45) is 11.5 Å². The van der Waals surface area contributed by atoms with Crippen LogP contribution in [0, 0.1) is 0 Å². The summed E-state index contributed by atoms with van der Waals surface area (Å²) in [5, 5.41) is 3.06. The Hall–Kier alpha value is -0.780. The fourth-order valence-corrected chi connectivity index (χ4v) is 8.55. The molecule has 0 bridgehead atoms. The molecule has 0 aromatic heterocycles. The Balaban J connectivity index is 2.03. The largest absolute Gasteiger partial charge is 0.330 e. The molecule has 2 rings (SSSR count). The summed E-state index contributed by atoms with van der Waals surface area (Å²) in [7, 11) is -0.189. The van der Waals surface area contributed by atoms with Crippen LogP contribution < -0.4 is 22.1 Å². The van der Waals surface area contributed by atoms with Gasteiger partial charge in [-0.2, -0.15) is 0 Å². The Bertz CT molecular complexity index is 497. The highest BCUT2D eigenvalue weighted by Crippen LogP contribution is 2.42. The maximum absolute atomic E-state index is 5.77. The SMILES string of the molecule is NCCCP(CCP(CCCN)c1ccccc1)c1ccccc1. The second-order valence-electron chi connectivity index (χ2n) is 5.93. The van der Waals surface area contributed by atoms with Crippen molar-refractivity contribution in [3.8, 4) is 0 Å². The van der Waals surface area contributed by atoms with Gasteiger partial charge in [0, 0.05) is 0 Å². The first-order valence-corrected chi connectivity index (χ1v) is 12.3. The van der Waals surface area contributed by atoms with Gasteiger partial charge in [-0.05, 0) is 61.2 Å². The Morgan fingerprint density at radius 2 is 0.917 bits per heavy atom. The quantitative estimate of drug-likeness (QED) is 0.604. The highest BCUT2D eigenvalue weighted by molar-refractivity contribution is 7.69. The van der Waals surface area contributed by atoms with E-state index in [4.69, 9.17) is 11.5 Å². The molecule has 2 nitrogen and oxygen atoms in total. The van der Waals surface area contributed by atoms with Crippen molar-refractivity contribution in [1.82, 2.24) is 0 Å². The summed E-state index contributed by atoms with van der Waals surface area (Å²) in [6, 6.07) is 22.1. The molecule has 0 radical (unpaired) electrons. The Morgan fingerprint density at radius 1 is 0.542 bits per heavy atom. The van der Waals surface area contributed by atoms with Gasteiger partial charge >= 0.3 is 0 Å². The molecular weight excluding hydrogens is 330 g/mol. The molecule has 0 aliphatic rings. The van der Waals surface area contributed by atoms with Crippen molar-refractivity contribution in [2.75, 3.05) is 37.7 Å². The van der Waals surface area contributed by atoms with Crippen LogP contribution in [0.1, 0.15) is 12.8 Å².